The zero-order valence-corrected chi connectivity index (χ0v) is 13.2. The van der Waals surface area contributed by atoms with Crippen molar-refractivity contribution < 1.29 is 9.53 Å². The van der Waals surface area contributed by atoms with Gasteiger partial charge in [-0.15, -0.1) is 0 Å². The Balaban J connectivity index is 2.13. The number of ether oxygens (including phenoxy) is 1. The van der Waals surface area contributed by atoms with E-state index >= 15 is 0 Å². The Morgan fingerprint density at radius 3 is 2.86 bits per heavy atom. The van der Waals surface area contributed by atoms with Crippen LogP contribution in [0.15, 0.2) is 30.6 Å². The van der Waals surface area contributed by atoms with E-state index in [2.05, 4.69) is 22.3 Å². The first-order valence-electron chi connectivity index (χ1n) is 7.57. The van der Waals surface area contributed by atoms with Crippen molar-refractivity contribution in [3.63, 3.8) is 0 Å². The van der Waals surface area contributed by atoms with Gasteiger partial charge in [-0.3, -0.25) is 4.79 Å². The standard InChI is InChI=1S/C16H22N4O2/c1-4-10-20-15(17-11-18-20)12(3)19-16(21)13-8-6-7-9-14(13)22-5-2/h6-9,11-12H,4-5,10H2,1-3H3,(H,19,21)/t12-/m1/s1. The first-order chi connectivity index (χ1) is 10.7. The molecule has 22 heavy (non-hydrogen) atoms. The Labute approximate surface area is 130 Å². The molecule has 0 radical (unpaired) electrons. The maximum atomic E-state index is 12.5. The highest BCUT2D eigenvalue weighted by molar-refractivity contribution is 5.97. The van der Waals surface area contributed by atoms with Crippen LogP contribution in [0.2, 0.25) is 0 Å². The van der Waals surface area contributed by atoms with E-state index < -0.39 is 0 Å². The first kappa shape index (κ1) is 16.0. The molecule has 0 saturated carbocycles. The van der Waals surface area contributed by atoms with Crippen LogP contribution >= 0.6 is 0 Å². The number of hydrogen-bond acceptors (Lipinski definition) is 4. The lowest BCUT2D eigenvalue weighted by Gasteiger charge is -2.16. The van der Waals surface area contributed by atoms with Crippen LogP contribution in [0.5, 0.6) is 5.75 Å². The lowest BCUT2D eigenvalue weighted by atomic mass is 10.1. The maximum absolute atomic E-state index is 12.5. The Hall–Kier alpha value is -2.37. The predicted molar refractivity (Wildman–Crippen MR) is 83.8 cm³/mol. The summed E-state index contributed by atoms with van der Waals surface area (Å²) in [4.78, 5) is 16.7. The summed E-state index contributed by atoms with van der Waals surface area (Å²) in [6, 6.07) is 6.99. The summed E-state index contributed by atoms with van der Waals surface area (Å²) >= 11 is 0. The van der Waals surface area contributed by atoms with Crippen LogP contribution < -0.4 is 10.1 Å². The molecule has 118 valence electrons. The van der Waals surface area contributed by atoms with Gasteiger partial charge in [-0.05, 0) is 32.4 Å². The highest BCUT2D eigenvalue weighted by Crippen LogP contribution is 2.19. The van der Waals surface area contributed by atoms with E-state index in [1.807, 2.05) is 30.7 Å². The van der Waals surface area contributed by atoms with Crippen molar-refractivity contribution >= 4 is 5.91 Å². The number of rotatable bonds is 7. The van der Waals surface area contributed by atoms with Crippen molar-refractivity contribution in [1.82, 2.24) is 20.1 Å². The third kappa shape index (κ3) is 3.63. The van der Waals surface area contributed by atoms with Crippen LogP contribution in [-0.4, -0.2) is 27.3 Å². The van der Waals surface area contributed by atoms with Gasteiger partial charge in [0.25, 0.3) is 5.91 Å². The molecule has 1 aromatic heterocycles. The van der Waals surface area contributed by atoms with Crippen molar-refractivity contribution in [1.29, 1.82) is 0 Å². The average molecular weight is 302 g/mol. The fourth-order valence-corrected chi connectivity index (χ4v) is 2.27. The summed E-state index contributed by atoms with van der Waals surface area (Å²) in [6.07, 6.45) is 2.48. The molecule has 1 amide bonds. The van der Waals surface area contributed by atoms with Crippen molar-refractivity contribution in [2.45, 2.75) is 39.8 Å². The summed E-state index contributed by atoms with van der Waals surface area (Å²) < 4.78 is 7.32. The molecular formula is C16H22N4O2. The minimum Gasteiger partial charge on any atom is -0.493 e. The topological polar surface area (TPSA) is 69.0 Å². The van der Waals surface area contributed by atoms with Crippen LogP contribution in [0.25, 0.3) is 0 Å². The molecule has 2 rings (SSSR count). The van der Waals surface area contributed by atoms with Crippen LogP contribution in [0.3, 0.4) is 0 Å². The minimum absolute atomic E-state index is 0.178. The Morgan fingerprint density at radius 1 is 1.36 bits per heavy atom. The Kier molecular flexibility index (Phi) is 5.52. The minimum atomic E-state index is -0.226. The summed E-state index contributed by atoms with van der Waals surface area (Å²) in [7, 11) is 0. The second-order valence-corrected chi connectivity index (χ2v) is 4.97. The molecule has 2 aromatic rings. The first-order valence-corrected chi connectivity index (χ1v) is 7.57. The highest BCUT2D eigenvalue weighted by atomic mass is 16.5. The molecular weight excluding hydrogens is 280 g/mol. The van der Waals surface area contributed by atoms with Gasteiger partial charge in [0.05, 0.1) is 18.2 Å². The number of hydrogen-bond donors (Lipinski definition) is 1. The van der Waals surface area contributed by atoms with Crippen molar-refractivity contribution in [3.05, 3.63) is 42.0 Å². The van der Waals surface area contributed by atoms with E-state index in [1.54, 1.807) is 12.1 Å². The van der Waals surface area contributed by atoms with E-state index in [1.165, 1.54) is 6.33 Å². The number of para-hydroxylation sites is 1. The number of carbonyl (C=O) groups is 1. The monoisotopic (exact) mass is 302 g/mol. The third-order valence-corrected chi connectivity index (χ3v) is 3.25. The molecule has 1 atom stereocenters. The van der Waals surface area contributed by atoms with E-state index in [-0.39, 0.29) is 11.9 Å². The second-order valence-electron chi connectivity index (χ2n) is 4.97. The van der Waals surface area contributed by atoms with Crippen molar-refractivity contribution in [2.24, 2.45) is 0 Å². The molecule has 0 saturated heterocycles. The fourth-order valence-electron chi connectivity index (χ4n) is 2.27. The van der Waals surface area contributed by atoms with Gasteiger partial charge < -0.3 is 10.1 Å². The normalized spacial score (nSPS) is 12.0. The Bertz CT molecular complexity index is 624. The zero-order chi connectivity index (χ0) is 15.9. The summed E-state index contributed by atoms with van der Waals surface area (Å²) in [5, 5.41) is 7.14. The number of nitrogens with zero attached hydrogens (tertiary/aromatic N) is 3. The molecule has 0 aliphatic heterocycles. The molecule has 0 unspecified atom stereocenters. The molecule has 0 aliphatic rings. The molecule has 1 aromatic carbocycles. The fraction of sp³-hybridized carbons (Fsp3) is 0.438. The van der Waals surface area contributed by atoms with Gasteiger partial charge in [0, 0.05) is 6.54 Å². The van der Waals surface area contributed by atoms with Gasteiger partial charge in [-0.1, -0.05) is 19.1 Å². The maximum Gasteiger partial charge on any atom is 0.255 e. The number of carbonyl (C=O) groups excluding carboxylic acids is 1. The van der Waals surface area contributed by atoms with Crippen LogP contribution in [0, 0.1) is 0 Å². The van der Waals surface area contributed by atoms with Gasteiger partial charge in [0.2, 0.25) is 0 Å². The van der Waals surface area contributed by atoms with Crippen molar-refractivity contribution in [3.8, 4) is 5.75 Å². The van der Waals surface area contributed by atoms with Crippen LogP contribution in [-0.2, 0) is 6.54 Å². The third-order valence-electron chi connectivity index (χ3n) is 3.25. The number of aromatic nitrogens is 3. The van der Waals surface area contributed by atoms with Gasteiger partial charge in [-0.2, -0.15) is 5.10 Å². The molecule has 1 N–H and O–H groups in total. The number of benzene rings is 1. The van der Waals surface area contributed by atoms with Crippen LogP contribution in [0.4, 0.5) is 0 Å². The van der Waals surface area contributed by atoms with Gasteiger partial charge in [0.15, 0.2) is 0 Å². The lowest BCUT2D eigenvalue weighted by Crippen LogP contribution is -2.29. The summed E-state index contributed by atoms with van der Waals surface area (Å²) in [6.45, 7) is 7.17. The molecule has 6 heteroatoms. The molecule has 1 heterocycles. The second kappa shape index (κ2) is 7.59. The molecule has 0 spiro atoms. The molecule has 0 bridgehead atoms. The zero-order valence-electron chi connectivity index (χ0n) is 13.2. The number of aryl methyl sites for hydroxylation is 1. The average Bonchev–Trinajstić information content (AvgIpc) is 2.97. The largest absolute Gasteiger partial charge is 0.493 e. The van der Waals surface area contributed by atoms with Gasteiger partial charge in [0.1, 0.15) is 17.9 Å². The van der Waals surface area contributed by atoms with Crippen molar-refractivity contribution in [2.75, 3.05) is 6.61 Å². The summed E-state index contributed by atoms with van der Waals surface area (Å²) in [5.41, 5.74) is 0.526. The molecule has 0 fully saturated rings. The SMILES string of the molecule is CCCn1ncnc1[C@@H](C)NC(=O)c1ccccc1OCC. The highest BCUT2D eigenvalue weighted by Gasteiger charge is 2.18. The van der Waals surface area contributed by atoms with Gasteiger partial charge in [-0.25, -0.2) is 9.67 Å². The smallest absolute Gasteiger partial charge is 0.255 e. The predicted octanol–water partition coefficient (Wildman–Crippen LogP) is 2.58. The van der Waals surface area contributed by atoms with E-state index in [0.717, 1.165) is 18.8 Å². The summed E-state index contributed by atoms with van der Waals surface area (Å²) in [5.74, 6) is 1.16. The van der Waals surface area contributed by atoms with E-state index in [4.69, 9.17) is 4.74 Å². The molecule has 6 nitrogen and oxygen atoms in total. The Morgan fingerprint density at radius 2 is 2.14 bits per heavy atom. The van der Waals surface area contributed by atoms with Gasteiger partial charge >= 0.3 is 0 Å². The lowest BCUT2D eigenvalue weighted by molar-refractivity contribution is 0.0933. The number of amides is 1. The number of nitrogens with one attached hydrogen (secondary N) is 1. The van der Waals surface area contributed by atoms with Crippen LogP contribution in [0.1, 0.15) is 49.4 Å². The molecule has 0 aliphatic carbocycles. The quantitative estimate of drug-likeness (QED) is 0.853. The van der Waals surface area contributed by atoms with E-state index in [9.17, 15) is 4.79 Å². The van der Waals surface area contributed by atoms with E-state index in [0.29, 0.717) is 17.9 Å².